The van der Waals surface area contributed by atoms with E-state index in [2.05, 4.69) is 5.10 Å². The molecule has 6 nitrogen and oxygen atoms in total. The Morgan fingerprint density at radius 2 is 1.79 bits per heavy atom. The van der Waals surface area contributed by atoms with Crippen LogP contribution in [0.4, 0.5) is 5.69 Å². The van der Waals surface area contributed by atoms with Gasteiger partial charge in [-0.3, -0.25) is 9.59 Å². The molecule has 1 aliphatic heterocycles. The van der Waals surface area contributed by atoms with Crippen LogP contribution >= 0.6 is 0 Å². The molecule has 0 fully saturated rings. The summed E-state index contributed by atoms with van der Waals surface area (Å²) in [6.07, 6.45) is 0.779. The topological polar surface area (TPSA) is 64.4 Å². The number of carbonyl (C=O) groups excluding carboxylic acids is 1. The van der Waals surface area contributed by atoms with Crippen LogP contribution in [-0.2, 0) is 6.42 Å². The molecule has 1 aliphatic rings. The van der Waals surface area contributed by atoms with Crippen LogP contribution in [0, 0.1) is 6.92 Å². The molecule has 3 aromatic rings. The van der Waals surface area contributed by atoms with Gasteiger partial charge in [0.05, 0.1) is 18.9 Å². The molecular formula is C22H21N3O3. The van der Waals surface area contributed by atoms with E-state index >= 15 is 0 Å². The normalized spacial score (nSPS) is 15.4. The molecule has 1 atom stereocenters. The molecule has 0 spiro atoms. The molecule has 1 amide bonds. The Balaban J connectivity index is 1.86. The molecule has 0 unspecified atom stereocenters. The molecule has 1 aromatic heterocycles. The van der Waals surface area contributed by atoms with Crippen molar-refractivity contribution in [2.24, 2.45) is 0 Å². The van der Waals surface area contributed by atoms with E-state index in [0.717, 1.165) is 23.2 Å². The lowest BCUT2D eigenvalue weighted by Crippen LogP contribution is -2.38. The number of anilines is 1. The lowest BCUT2D eigenvalue weighted by Gasteiger charge is -2.23. The second kappa shape index (κ2) is 6.96. The maximum atomic E-state index is 13.4. The maximum Gasteiger partial charge on any atom is 0.282 e. The Labute approximate surface area is 163 Å². The molecule has 0 saturated carbocycles. The maximum absolute atomic E-state index is 13.4. The number of carbonyl (C=O) groups is 1. The zero-order valence-corrected chi connectivity index (χ0v) is 16.0. The summed E-state index contributed by atoms with van der Waals surface area (Å²) in [6, 6.07) is 16.6. The molecule has 0 bridgehead atoms. The summed E-state index contributed by atoms with van der Waals surface area (Å²) in [6.45, 7) is 3.90. The van der Waals surface area contributed by atoms with Crippen LogP contribution in [0.3, 0.4) is 0 Å². The van der Waals surface area contributed by atoms with Crippen molar-refractivity contribution in [3.63, 3.8) is 0 Å². The standard InChI is InChI=1S/C22H21N3O3/c1-14-8-4-6-10-17(14)25-20(26)13-19(28-3)21(23-25)22(27)24-15(2)12-16-9-5-7-11-18(16)24/h4-11,13,15H,12H2,1-3H3/t15-/m0/s1. The average molecular weight is 375 g/mol. The number of benzene rings is 2. The fraction of sp³-hybridized carbons (Fsp3) is 0.227. The van der Waals surface area contributed by atoms with E-state index < -0.39 is 0 Å². The first-order valence-electron chi connectivity index (χ1n) is 9.17. The molecule has 4 rings (SSSR count). The van der Waals surface area contributed by atoms with Crippen molar-refractivity contribution in [1.82, 2.24) is 9.78 Å². The summed E-state index contributed by atoms with van der Waals surface area (Å²) in [7, 11) is 1.44. The minimum Gasteiger partial charge on any atom is -0.494 e. The summed E-state index contributed by atoms with van der Waals surface area (Å²) < 4.78 is 6.59. The number of aryl methyl sites for hydroxylation is 1. The number of hydrogen-bond donors (Lipinski definition) is 0. The summed E-state index contributed by atoms with van der Waals surface area (Å²) in [4.78, 5) is 27.8. The van der Waals surface area contributed by atoms with E-state index in [4.69, 9.17) is 4.74 Å². The summed E-state index contributed by atoms with van der Waals surface area (Å²) in [5.74, 6) is -0.104. The molecule has 6 heteroatoms. The van der Waals surface area contributed by atoms with Gasteiger partial charge in [-0.15, -0.1) is 0 Å². The molecule has 0 N–H and O–H groups in total. The SMILES string of the molecule is COc1cc(=O)n(-c2ccccc2C)nc1C(=O)N1c2ccccc2C[C@@H]1C. The van der Waals surface area contributed by atoms with Crippen LogP contribution < -0.4 is 15.2 Å². The third-order valence-corrected chi connectivity index (χ3v) is 5.09. The molecule has 28 heavy (non-hydrogen) atoms. The van der Waals surface area contributed by atoms with Crippen molar-refractivity contribution < 1.29 is 9.53 Å². The zero-order valence-electron chi connectivity index (χ0n) is 16.0. The molecule has 2 heterocycles. The van der Waals surface area contributed by atoms with Crippen molar-refractivity contribution >= 4 is 11.6 Å². The third-order valence-electron chi connectivity index (χ3n) is 5.09. The van der Waals surface area contributed by atoms with E-state index in [1.165, 1.54) is 17.9 Å². The fourth-order valence-corrected chi connectivity index (χ4v) is 3.71. The van der Waals surface area contributed by atoms with Crippen LogP contribution in [-0.4, -0.2) is 28.8 Å². The predicted octanol–water partition coefficient (Wildman–Crippen LogP) is 3.14. The smallest absolute Gasteiger partial charge is 0.282 e. The van der Waals surface area contributed by atoms with Gasteiger partial charge in [0.15, 0.2) is 11.4 Å². The van der Waals surface area contributed by atoms with Gasteiger partial charge in [-0.1, -0.05) is 36.4 Å². The highest BCUT2D eigenvalue weighted by molar-refractivity contribution is 6.08. The van der Waals surface area contributed by atoms with Crippen LogP contribution in [0.2, 0.25) is 0 Å². The first-order valence-corrected chi connectivity index (χ1v) is 9.17. The lowest BCUT2D eigenvalue weighted by molar-refractivity contribution is 0.0971. The predicted molar refractivity (Wildman–Crippen MR) is 108 cm³/mol. The highest BCUT2D eigenvalue weighted by atomic mass is 16.5. The summed E-state index contributed by atoms with van der Waals surface area (Å²) in [5.41, 5.74) is 3.29. The number of nitrogens with zero attached hydrogens (tertiary/aromatic N) is 3. The lowest BCUT2D eigenvalue weighted by atomic mass is 10.1. The monoisotopic (exact) mass is 375 g/mol. The van der Waals surface area contributed by atoms with E-state index in [9.17, 15) is 9.59 Å². The van der Waals surface area contributed by atoms with Crippen LogP contribution in [0.5, 0.6) is 5.75 Å². The fourth-order valence-electron chi connectivity index (χ4n) is 3.71. The first kappa shape index (κ1) is 18.0. The molecule has 142 valence electrons. The number of methoxy groups -OCH3 is 1. The Morgan fingerprint density at radius 1 is 1.11 bits per heavy atom. The van der Waals surface area contributed by atoms with Crippen LogP contribution in [0.15, 0.2) is 59.4 Å². The van der Waals surface area contributed by atoms with E-state index in [1.54, 1.807) is 11.0 Å². The van der Waals surface area contributed by atoms with Gasteiger partial charge in [0.2, 0.25) is 0 Å². The minimum absolute atomic E-state index is 0.00440. The highest BCUT2D eigenvalue weighted by Gasteiger charge is 2.34. The van der Waals surface area contributed by atoms with Crippen molar-refractivity contribution in [2.75, 3.05) is 12.0 Å². The van der Waals surface area contributed by atoms with Gasteiger partial charge in [0.25, 0.3) is 11.5 Å². The zero-order chi connectivity index (χ0) is 19.8. The minimum atomic E-state index is -0.349. The van der Waals surface area contributed by atoms with Gasteiger partial charge in [-0.05, 0) is 43.5 Å². The van der Waals surface area contributed by atoms with Gasteiger partial charge in [-0.2, -0.15) is 9.78 Å². The van der Waals surface area contributed by atoms with E-state index in [1.807, 2.05) is 56.3 Å². The number of fused-ring (bicyclic) bond motifs is 1. The number of amides is 1. The van der Waals surface area contributed by atoms with Crippen LogP contribution in [0.25, 0.3) is 5.69 Å². The Bertz CT molecular complexity index is 1120. The van der Waals surface area contributed by atoms with Crippen molar-refractivity contribution in [1.29, 1.82) is 0 Å². The number of para-hydroxylation sites is 2. The summed E-state index contributed by atoms with van der Waals surface area (Å²) >= 11 is 0. The number of rotatable bonds is 3. The van der Waals surface area contributed by atoms with Gasteiger partial charge in [0.1, 0.15) is 0 Å². The number of aromatic nitrogens is 2. The second-order valence-electron chi connectivity index (χ2n) is 6.95. The number of ether oxygens (including phenoxy) is 1. The third kappa shape index (κ3) is 2.87. The Hall–Kier alpha value is -3.41. The highest BCUT2D eigenvalue weighted by Crippen LogP contribution is 2.33. The largest absolute Gasteiger partial charge is 0.494 e. The van der Waals surface area contributed by atoms with Gasteiger partial charge >= 0.3 is 0 Å². The Kier molecular flexibility index (Phi) is 4.47. The molecule has 2 aromatic carbocycles. The van der Waals surface area contributed by atoms with E-state index in [0.29, 0.717) is 5.69 Å². The van der Waals surface area contributed by atoms with Crippen molar-refractivity contribution in [3.8, 4) is 11.4 Å². The van der Waals surface area contributed by atoms with E-state index in [-0.39, 0.29) is 29.0 Å². The van der Waals surface area contributed by atoms with Gasteiger partial charge in [-0.25, -0.2) is 0 Å². The van der Waals surface area contributed by atoms with Gasteiger partial charge < -0.3 is 9.64 Å². The molecule has 0 saturated heterocycles. The Morgan fingerprint density at radius 3 is 2.50 bits per heavy atom. The van der Waals surface area contributed by atoms with Gasteiger partial charge in [0, 0.05) is 11.7 Å². The van der Waals surface area contributed by atoms with Crippen LogP contribution in [0.1, 0.15) is 28.5 Å². The number of hydrogen-bond acceptors (Lipinski definition) is 4. The average Bonchev–Trinajstić information content (AvgIpc) is 3.03. The van der Waals surface area contributed by atoms with Crippen molar-refractivity contribution in [2.45, 2.75) is 26.3 Å². The first-order chi connectivity index (χ1) is 13.5. The molecule has 0 radical (unpaired) electrons. The molecule has 0 aliphatic carbocycles. The molecular weight excluding hydrogens is 354 g/mol. The quantitative estimate of drug-likeness (QED) is 0.705. The van der Waals surface area contributed by atoms with Crippen molar-refractivity contribution in [3.05, 3.63) is 81.8 Å². The second-order valence-corrected chi connectivity index (χ2v) is 6.95. The summed E-state index contributed by atoms with van der Waals surface area (Å²) in [5, 5.41) is 4.41.